The van der Waals surface area contributed by atoms with Crippen molar-refractivity contribution in [3.8, 4) is 0 Å². The van der Waals surface area contributed by atoms with Crippen molar-refractivity contribution in [2.24, 2.45) is 0 Å². The van der Waals surface area contributed by atoms with Crippen LogP contribution in [0, 0.1) is 0 Å². The van der Waals surface area contributed by atoms with Crippen LogP contribution in [-0.2, 0) is 4.74 Å². The molecular formula is C18H19NO. The van der Waals surface area contributed by atoms with E-state index in [1.807, 2.05) is 0 Å². The summed E-state index contributed by atoms with van der Waals surface area (Å²) in [5, 5.41) is 0. The van der Waals surface area contributed by atoms with Crippen molar-refractivity contribution in [2.75, 3.05) is 6.61 Å². The zero-order chi connectivity index (χ0) is 13.4. The van der Waals surface area contributed by atoms with E-state index in [9.17, 15) is 0 Å². The highest BCUT2D eigenvalue weighted by atomic mass is 16.5. The lowest BCUT2D eigenvalue weighted by atomic mass is 10.0. The molecule has 0 saturated carbocycles. The van der Waals surface area contributed by atoms with Gasteiger partial charge in [-0.05, 0) is 24.0 Å². The largest absolute Gasteiger partial charge is 0.361 e. The molecule has 0 aromatic heterocycles. The van der Waals surface area contributed by atoms with Crippen molar-refractivity contribution >= 4 is 0 Å². The summed E-state index contributed by atoms with van der Waals surface area (Å²) in [5.74, 6) is 0. The Kier molecular flexibility index (Phi) is 3.06. The van der Waals surface area contributed by atoms with E-state index in [-0.39, 0.29) is 0 Å². The topological polar surface area (TPSA) is 12.5 Å². The van der Waals surface area contributed by atoms with E-state index < -0.39 is 0 Å². The molecule has 0 spiro atoms. The van der Waals surface area contributed by atoms with Gasteiger partial charge < -0.3 is 4.74 Å². The molecule has 3 atom stereocenters. The molecule has 0 amide bonds. The average molecular weight is 265 g/mol. The lowest BCUT2D eigenvalue weighted by Crippen LogP contribution is -2.29. The standard InChI is InChI=1S/C18H19NO/c1-3-7-14(8-4-1)16-11-12-18-19(16)17(13-20-18)15-9-5-2-6-10-15/h1-10,16-18H,11-13H2/t16-,17+,18+/m0/s1. The van der Waals surface area contributed by atoms with E-state index >= 15 is 0 Å². The number of ether oxygens (including phenoxy) is 1. The number of nitrogens with zero attached hydrogens (tertiary/aromatic N) is 1. The highest BCUT2D eigenvalue weighted by Gasteiger charge is 2.44. The van der Waals surface area contributed by atoms with E-state index in [1.165, 1.54) is 17.5 Å². The molecule has 2 fully saturated rings. The minimum Gasteiger partial charge on any atom is -0.361 e. The summed E-state index contributed by atoms with van der Waals surface area (Å²) in [6.07, 6.45) is 2.63. The SMILES string of the molecule is c1ccc([C@H]2CO[C@@H]3CC[C@@H](c4ccccc4)N23)cc1. The van der Waals surface area contributed by atoms with Gasteiger partial charge in [-0.25, -0.2) is 0 Å². The highest BCUT2D eigenvalue weighted by Crippen LogP contribution is 2.46. The van der Waals surface area contributed by atoms with E-state index in [0.29, 0.717) is 18.3 Å². The van der Waals surface area contributed by atoms with Gasteiger partial charge in [-0.1, -0.05) is 60.7 Å². The van der Waals surface area contributed by atoms with Crippen LogP contribution >= 0.6 is 0 Å². The first-order valence-corrected chi connectivity index (χ1v) is 7.42. The molecule has 2 saturated heterocycles. The minimum atomic E-state index is 0.297. The van der Waals surface area contributed by atoms with Gasteiger partial charge in [-0.2, -0.15) is 0 Å². The predicted molar refractivity (Wildman–Crippen MR) is 79.2 cm³/mol. The molecule has 4 rings (SSSR count). The number of benzene rings is 2. The first-order valence-electron chi connectivity index (χ1n) is 7.42. The molecule has 0 unspecified atom stereocenters. The van der Waals surface area contributed by atoms with Crippen LogP contribution in [0.4, 0.5) is 0 Å². The third-order valence-electron chi connectivity index (χ3n) is 4.55. The maximum absolute atomic E-state index is 6.02. The van der Waals surface area contributed by atoms with Gasteiger partial charge in [-0.15, -0.1) is 0 Å². The maximum atomic E-state index is 6.02. The van der Waals surface area contributed by atoms with Crippen LogP contribution in [0.1, 0.15) is 36.1 Å². The third-order valence-corrected chi connectivity index (χ3v) is 4.55. The summed E-state index contributed by atoms with van der Waals surface area (Å²) in [5.41, 5.74) is 2.79. The van der Waals surface area contributed by atoms with Crippen molar-refractivity contribution < 1.29 is 4.74 Å². The summed E-state index contributed by atoms with van der Waals surface area (Å²) in [7, 11) is 0. The molecule has 2 aliphatic rings. The Morgan fingerprint density at radius 3 is 2.00 bits per heavy atom. The van der Waals surface area contributed by atoms with Crippen LogP contribution in [0.3, 0.4) is 0 Å². The second kappa shape index (κ2) is 5.04. The first-order chi connectivity index (χ1) is 9.93. The van der Waals surface area contributed by atoms with Crippen LogP contribution in [0.15, 0.2) is 60.7 Å². The van der Waals surface area contributed by atoms with Gasteiger partial charge in [0.25, 0.3) is 0 Å². The fraction of sp³-hybridized carbons (Fsp3) is 0.333. The molecule has 2 heterocycles. The van der Waals surface area contributed by atoms with E-state index in [0.717, 1.165) is 13.0 Å². The van der Waals surface area contributed by atoms with E-state index in [4.69, 9.17) is 4.74 Å². The quantitative estimate of drug-likeness (QED) is 0.816. The maximum Gasteiger partial charge on any atom is 0.111 e. The van der Waals surface area contributed by atoms with Gasteiger partial charge >= 0.3 is 0 Å². The average Bonchev–Trinajstić information content (AvgIpc) is 3.10. The van der Waals surface area contributed by atoms with E-state index in [1.54, 1.807) is 0 Å². The summed E-state index contributed by atoms with van der Waals surface area (Å²) >= 11 is 0. The third kappa shape index (κ3) is 1.96. The van der Waals surface area contributed by atoms with Crippen molar-refractivity contribution in [3.63, 3.8) is 0 Å². The fourth-order valence-electron chi connectivity index (χ4n) is 3.63. The zero-order valence-electron chi connectivity index (χ0n) is 11.5. The molecule has 20 heavy (non-hydrogen) atoms. The lowest BCUT2D eigenvalue weighted by molar-refractivity contribution is 0.0458. The fourth-order valence-corrected chi connectivity index (χ4v) is 3.63. The van der Waals surface area contributed by atoms with Crippen molar-refractivity contribution in [1.82, 2.24) is 4.90 Å². The molecule has 0 N–H and O–H groups in total. The van der Waals surface area contributed by atoms with Gasteiger partial charge in [0, 0.05) is 6.04 Å². The molecule has 102 valence electrons. The van der Waals surface area contributed by atoms with Crippen LogP contribution in [0.2, 0.25) is 0 Å². The first kappa shape index (κ1) is 12.1. The van der Waals surface area contributed by atoms with Crippen molar-refractivity contribution in [3.05, 3.63) is 71.8 Å². The molecular weight excluding hydrogens is 246 g/mol. The highest BCUT2D eigenvalue weighted by molar-refractivity contribution is 5.25. The number of rotatable bonds is 2. The van der Waals surface area contributed by atoms with Crippen LogP contribution in [0.25, 0.3) is 0 Å². The Labute approximate surface area is 120 Å². The zero-order valence-corrected chi connectivity index (χ0v) is 11.5. The Morgan fingerprint density at radius 2 is 1.35 bits per heavy atom. The van der Waals surface area contributed by atoms with Gasteiger partial charge in [0.2, 0.25) is 0 Å². The molecule has 2 nitrogen and oxygen atoms in total. The summed E-state index contributed by atoms with van der Waals surface area (Å²) in [6.45, 7) is 0.817. The summed E-state index contributed by atoms with van der Waals surface area (Å²) in [4.78, 5) is 2.57. The predicted octanol–water partition coefficient (Wildman–Crippen LogP) is 3.92. The normalized spacial score (nSPS) is 29.5. The van der Waals surface area contributed by atoms with Gasteiger partial charge in [0.05, 0.1) is 12.6 Å². The molecule has 0 bridgehead atoms. The minimum absolute atomic E-state index is 0.297. The van der Waals surface area contributed by atoms with Crippen LogP contribution < -0.4 is 0 Å². The molecule has 2 aliphatic heterocycles. The van der Waals surface area contributed by atoms with Gasteiger partial charge in [0.15, 0.2) is 0 Å². The van der Waals surface area contributed by atoms with E-state index in [2.05, 4.69) is 65.6 Å². The Balaban J connectivity index is 1.67. The second-order valence-corrected chi connectivity index (χ2v) is 5.67. The summed E-state index contributed by atoms with van der Waals surface area (Å²) < 4.78 is 6.02. The van der Waals surface area contributed by atoms with Crippen LogP contribution in [0.5, 0.6) is 0 Å². The number of hydrogen-bond donors (Lipinski definition) is 0. The Bertz CT molecular complexity index is 517. The Hall–Kier alpha value is -1.64. The smallest absolute Gasteiger partial charge is 0.111 e. The van der Waals surface area contributed by atoms with Crippen LogP contribution in [-0.4, -0.2) is 17.7 Å². The molecule has 2 aromatic carbocycles. The summed E-state index contributed by atoms with van der Waals surface area (Å²) in [6, 6.07) is 22.5. The molecule has 0 aliphatic carbocycles. The molecule has 2 heteroatoms. The number of hydrogen-bond acceptors (Lipinski definition) is 2. The van der Waals surface area contributed by atoms with Crippen molar-refractivity contribution in [2.45, 2.75) is 31.2 Å². The lowest BCUT2D eigenvalue weighted by Gasteiger charge is -2.29. The van der Waals surface area contributed by atoms with Crippen molar-refractivity contribution in [1.29, 1.82) is 0 Å². The number of fused-ring (bicyclic) bond motifs is 1. The monoisotopic (exact) mass is 265 g/mol. The molecule has 2 aromatic rings. The second-order valence-electron chi connectivity index (χ2n) is 5.67. The van der Waals surface area contributed by atoms with Gasteiger partial charge in [0.1, 0.15) is 6.23 Å². The van der Waals surface area contributed by atoms with Gasteiger partial charge in [-0.3, -0.25) is 4.90 Å². The Morgan fingerprint density at radius 1 is 0.750 bits per heavy atom. The molecule has 0 radical (unpaired) electrons.